The third kappa shape index (κ3) is 1.93. The normalized spacial score (nSPS) is 22.5. The molecule has 1 aliphatic rings. The van der Waals surface area contributed by atoms with Crippen molar-refractivity contribution in [3.8, 4) is 0 Å². The Hall–Kier alpha value is -1.08. The van der Waals surface area contributed by atoms with E-state index in [4.69, 9.17) is 0 Å². The van der Waals surface area contributed by atoms with Gasteiger partial charge in [0.15, 0.2) is 0 Å². The molecule has 0 heterocycles. The molecule has 3 rings (SSSR count). The topological polar surface area (TPSA) is 0 Å². The summed E-state index contributed by atoms with van der Waals surface area (Å²) >= 11 is 3.56. The predicted molar refractivity (Wildman–Crippen MR) is 75.5 cm³/mol. The highest BCUT2D eigenvalue weighted by Crippen LogP contribution is 2.45. The number of fused-ring (bicyclic) bond motifs is 1. The number of hydrogen-bond acceptors (Lipinski definition) is 0. The van der Waals surface area contributed by atoms with E-state index in [1.165, 1.54) is 27.6 Å². The summed E-state index contributed by atoms with van der Waals surface area (Å²) in [7, 11) is 0. The summed E-state index contributed by atoms with van der Waals surface area (Å²) in [6, 6.07) is 17.6. The summed E-state index contributed by atoms with van der Waals surface area (Å²) in [4.78, 5) is 0. The number of halogens is 1. The molecule has 86 valence electrons. The van der Waals surface area contributed by atoms with Crippen molar-refractivity contribution in [1.29, 1.82) is 0 Å². The Morgan fingerprint density at radius 3 is 2.53 bits per heavy atom. The first-order valence-electron chi connectivity index (χ1n) is 6.10. The van der Waals surface area contributed by atoms with Crippen LogP contribution in [-0.4, -0.2) is 0 Å². The van der Waals surface area contributed by atoms with Crippen LogP contribution in [0.5, 0.6) is 0 Å². The zero-order valence-corrected chi connectivity index (χ0v) is 11.4. The highest BCUT2D eigenvalue weighted by atomic mass is 79.9. The molecule has 0 bridgehead atoms. The van der Waals surface area contributed by atoms with E-state index in [0.29, 0.717) is 11.8 Å². The maximum Gasteiger partial charge on any atom is 0.0178 e. The van der Waals surface area contributed by atoms with Gasteiger partial charge in [-0.05, 0) is 41.2 Å². The zero-order valence-electron chi connectivity index (χ0n) is 9.86. The van der Waals surface area contributed by atoms with Crippen molar-refractivity contribution < 1.29 is 0 Å². The Balaban J connectivity index is 2.07. The second-order valence-electron chi connectivity index (χ2n) is 4.87. The molecule has 0 saturated carbocycles. The monoisotopic (exact) mass is 286 g/mol. The lowest BCUT2D eigenvalue weighted by atomic mass is 9.93. The van der Waals surface area contributed by atoms with E-state index in [2.05, 4.69) is 71.4 Å². The van der Waals surface area contributed by atoms with E-state index in [1.54, 1.807) is 0 Å². The van der Waals surface area contributed by atoms with Gasteiger partial charge in [0.05, 0.1) is 0 Å². The molecule has 1 heteroatoms. The maximum absolute atomic E-state index is 3.56. The lowest BCUT2D eigenvalue weighted by Gasteiger charge is -2.12. The highest BCUT2D eigenvalue weighted by molar-refractivity contribution is 9.10. The van der Waals surface area contributed by atoms with Crippen LogP contribution < -0.4 is 0 Å². The van der Waals surface area contributed by atoms with Gasteiger partial charge in [0.25, 0.3) is 0 Å². The van der Waals surface area contributed by atoms with Crippen molar-refractivity contribution in [3.05, 3.63) is 69.7 Å². The van der Waals surface area contributed by atoms with Crippen LogP contribution in [0.25, 0.3) is 0 Å². The molecule has 0 spiro atoms. The quantitative estimate of drug-likeness (QED) is 0.685. The van der Waals surface area contributed by atoms with Gasteiger partial charge in [-0.1, -0.05) is 59.3 Å². The van der Waals surface area contributed by atoms with Crippen molar-refractivity contribution in [3.63, 3.8) is 0 Å². The summed E-state index contributed by atoms with van der Waals surface area (Å²) in [5.74, 6) is 1.24. The lowest BCUT2D eigenvalue weighted by Crippen LogP contribution is -1.95. The first kappa shape index (κ1) is 11.0. The minimum Gasteiger partial charge on any atom is -0.0620 e. The van der Waals surface area contributed by atoms with Gasteiger partial charge in [-0.15, -0.1) is 0 Å². The fourth-order valence-corrected chi connectivity index (χ4v) is 3.34. The van der Waals surface area contributed by atoms with Crippen molar-refractivity contribution in [2.45, 2.75) is 25.2 Å². The summed E-state index contributed by atoms with van der Waals surface area (Å²) < 4.78 is 1.17. The molecule has 0 nitrogen and oxygen atoms in total. The van der Waals surface area contributed by atoms with Gasteiger partial charge >= 0.3 is 0 Å². The summed E-state index contributed by atoms with van der Waals surface area (Å²) in [5, 5.41) is 0. The van der Waals surface area contributed by atoms with E-state index in [-0.39, 0.29) is 0 Å². The smallest absolute Gasteiger partial charge is 0.0178 e. The molecular formula is C16H15Br. The van der Waals surface area contributed by atoms with Gasteiger partial charge in [0.1, 0.15) is 0 Å². The fourth-order valence-electron chi connectivity index (χ4n) is 2.92. The Bertz CT molecular complexity index is 545. The Morgan fingerprint density at radius 1 is 1.00 bits per heavy atom. The van der Waals surface area contributed by atoms with E-state index in [0.717, 1.165) is 0 Å². The van der Waals surface area contributed by atoms with Crippen LogP contribution >= 0.6 is 15.9 Å². The SMILES string of the molecule is CC1CC(c2cccc(Br)c2)c2ccccc21. The number of benzene rings is 2. The molecule has 2 unspecified atom stereocenters. The van der Waals surface area contributed by atoms with Gasteiger partial charge in [0, 0.05) is 10.4 Å². The van der Waals surface area contributed by atoms with Gasteiger partial charge in [-0.3, -0.25) is 0 Å². The third-order valence-corrected chi connectivity index (χ3v) is 4.24. The van der Waals surface area contributed by atoms with E-state index in [9.17, 15) is 0 Å². The molecule has 0 radical (unpaired) electrons. The molecule has 0 N–H and O–H groups in total. The molecule has 0 aromatic heterocycles. The van der Waals surface area contributed by atoms with E-state index in [1.807, 2.05) is 0 Å². The van der Waals surface area contributed by atoms with Gasteiger partial charge < -0.3 is 0 Å². The molecule has 1 aliphatic carbocycles. The van der Waals surface area contributed by atoms with Gasteiger partial charge in [-0.25, -0.2) is 0 Å². The first-order valence-corrected chi connectivity index (χ1v) is 6.89. The Morgan fingerprint density at radius 2 is 1.76 bits per heavy atom. The second kappa shape index (κ2) is 4.30. The average molecular weight is 287 g/mol. The van der Waals surface area contributed by atoms with E-state index >= 15 is 0 Å². The number of rotatable bonds is 1. The third-order valence-electron chi connectivity index (χ3n) is 3.74. The van der Waals surface area contributed by atoms with E-state index < -0.39 is 0 Å². The largest absolute Gasteiger partial charge is 0.0620 e. The maximum atomic E-state index is 3.56. The minimum atomic E-state index is 0.568. The lowest BCUT2D eigenvalue weighted by molar-refractivity contribution is 0.686. The van der Waals surface area contributed by atoms with Crippen LogP contribution in [-0.2, 0) is 0 Å². The molecule has 0 amide bonds. The highest BCUT2D eigenvalue weighted by Gasteiger charge is 2.28. The van der Waals surface area contributed by atoms with Crippen molar-refractivity contribution >= 4 is 15.9 Å². The van der Waals surface area contributed by atoms with Crippen LogP contribution in [0, 0.1) is 0 Å². The predicted octanol–water partition coefficient (Wildman–Crippen LogP) is 5.09. The molecule has 17 heavy (non-hydrogen) atoms. The zero-order chi connectivity index (χ0) is 11.8. The average Bonchev–Trinajstić information content (AvgIpc) is 2.68. The molecule has 0 aliphatic heterocycles. The van der Waals surface area contributed by atoms with Crippen molar-refractivity contribution in [2.75, 3.05) is 0 Å². The molecular weight excluding hydrogens is 272 g/mol. The van der Waals surface area contributed by atoms with Gasteiger partial charge in [0.2, 0.25) is 0 Å². The molecule has 0 fully saturated rings. The van der Waals surface area contributed by atoms with Crippen molar-refractivity contribution in [2.24, 2.45) is 0 Å². The van der Waals surface area contributed by atoms with Crippen LogP contribution in [0.2, 0.25) is 0 Å². The Kier molecular flexibility index (Phi) is 2.79. The van der Waals surface area contributed by atoms with Crippen molar-refractivity contribution in [1.82, 2.24) is 0 Å². The van der Waals surface area contributed by atoms with Crippen LogP contribution in [0.15, 0.2) is 53.0 Å². The molecule has 2 atom stereocenters. The van der Waals surface area contributed by atoms with Gasteiger partial charge in [-0.2, -0.15) is 0 Å². The molecule has 2 aromatic rings. The Labute approximate surface area is 111 Å². The van der Waals surface area contributed by atoms with Crippen LogP contribution in [0.3, 0.4) is 0 Å². The van der Waals surface area contributed by atoms with Crippen LogP contribution in [0.4, 0.5) is 0 Å². The fraction of sp³-hybridized carbons (Fsp3) is 0.250. The second-order valence-corrected chi connectivity index (χ2v) is 5.79. The molecule has 2 aromatic carbocycles. The van der Waals surface area contributed by atoms with Crippen LogP contribution in [0.1, 0.15) is 41.9 Å². The summed E-state index contributed by atoms with van der Waals surface area (Å²) in [6.45, 7) is 2.33. The first-order chi connectivity index (χ1) is 8.25. The molecule has 0 saturated heterocycles. The summed E-state index contributed by atoms with van der Waals surface area (Å²) in [5.41, 5.74) is 4.46. The summed E-state index contributed by atoms with van der Waals surface area (Å²) in [6.07, 6.45) is 1.23. The number of hydrogen-bond donors (Lipinski definition) is 0. The standard InChI is InChI=1S/C16H15Br/c1-11-9-16(12-5-4-6-13(17)10-12)15-8-3-2-7-14(11)15/h2-8,10-11,16H,9H2,1H3. The minimum absolute atomic E-state index is 0.568.